The summed E-state index contributed by atoms with van der Waals surface area (Å²) in [4.78, 5) is 35.3. The molecular weight excluding hydrogens is 420 g/mol. The molecule has 1 unspecified atom stereocenters. The van der Waals surface area contributed by atoms with Crippen molar-refractivity contribution < 1.29 is 24.2 Å². The Morgan fingerprint density at radius 1 is 1.03 bits per heavy atom. The molecule has 33 heavy (non-hydrogen) atoms. The number of alkyl carbamates (subject to hydrolysis) is 1. The molecule has 4 rings (SSSR count). The molecule has 7 heteroatoms. The van der Waals surface area contributed by atoms with Crippen LogP contribution >= 0.6 is 0 Å². The molecule has 1 saturated carbocycles. The molecule has 2 aliphatic carbocycles. The van der Waals surface area contributed by atoms with Crippen LogP contribution in [-0.2, 0) is 14.3 Å². The van der Waals surface area contributed by atoms with Gasteiger partial charge in [0.2, 0.25) is 5.91 Å². The minimum Gasteiger partial charge on any atom is -0.481 e. The molecule has 3 atom stereocenters. The number of aliphatic carboxylic acids is 1. The van der Waals surface area contributed by atoms with E-state index in [0.29, 0.717) is 25.9 Å². The molecule has 0 spiro atoms. The second kappa shape index (κ2) is 10.1. The first-order valence-corrected chi connectivity index (χ1v) is 11.5. The number of carbonyl (C=O) groups excluding carboxylic acids is 2. The summed E-state index contributed by atoms with van der Waals surface area (Å²) in [5, 5.41) is 14.5. The van der Waals surface area contributed by atoms with E-state index in [9.17, 15) is 14.4 Å². The van der Waals surface area contributed by atoms with E-state index < -0.39 is 18.0 Å². The van der Waals surface area contributed by atoms with Crippen LogP contribution in [-0.4, -0.2) is 42.8 Å². The number of fused-ring (bicyclic) bond motifs is 3. The van der Waals surface area contributed by atoms with Crippen molar-refractivity contribution in [3.05, 3.63) is 59.7 Å². The maximum atomic E-state index is 12.3. The lowest BCUT2D eigenvalue weighted by atomic mass is 9.98. The van der Waals surface area contributed by atoms with Gasteiger partial charge >= 0.3 is 12.1 Å². The predicted molar refractivity (Wildman–Crippen MR) is 124 cm³/mol. The SMILES string of the molecule is CC(CCCNC(=O)[C@@H]1C[C@@H]1CNC(=O)OCC1c2ccccc2-c2ccccc21)C(=O)O. The summed E-state index contributed by atoms with van der Waals surface area (Å²) in [6.45, 7) is 2.81. The van der Waals surface area contributed by atoms with E-state index in [-0.39, 0.29) is 30.3 Å². The summed E-state index contributed by atoms with van der Waals surface area (Å²) >= 11 is 0. The molecule has 174 valence electrons. The molecule has 2 aromatic rings. The molecule has 2 aromatic carbocycles. The first kappa shape index (κ1) is 22.8. The van der Waals surface area contributed by atoms with Crippen molar-refractivity contribution in [2.75, 3.05) is 19.7 Å². The van der Waals surface area contributed by atoms with Gasteiger partial charge in [0, 0.05) is 24.9 Å². The summed E-state index contributed by atoms with van der Waals surface area (Å²) in [7, 11) is 0. The highest BCUT2D eigenvalue weighted by atomic mass is 16.5. The molecule has 0 heterocycles. The number of amides is 2. The Kier molecular flexibility index (Phi) is 6.96. The number of benzene rings is 2. The van der Waals surface area contributed by atoms with Gasteiger partial charge in [-0.3, -0.25) is 9.59 Å². The lowest BCUT2D eigenvalue weighted by molar-refractivity contribution is -0.141. The highest BCUT2D eigenvalue weighted by Crippen LogP contribution is 2.44. The third kappa shape index (κ3) is 5.35. The number of ether oxygens (including phenoxy) is 1. The van der Waals surface area contributed by atoms with E-state index in [1.807, 2.05) is 24.3 Å². The highest BCUT2D eigenvalue weighted by molar-refractivity contribution is 5.82. The average Bonchev–Trinajstić information content (AvgIpc) is 3.54. The monoisotopic (exact) mass is 450 g/mol. The minimum atomic E-state index is -0.817. The van der Waals surface area contributed by atoms with Gasteiger partial charge in [0.15, 0.2) is 0 Å². The molecule has 2 amide bonds. The molecule has 7 nitrogen and oxygen atoms in total. The predicted octanol–water partition coefficient (Wildman–Crippen LogP) is 3.78. The fourth-order valence-electron chi connectivity index (χ4n) is 4.53. The standard InChI is InChI=1S/C26H30N2O5/c1-16(25(30)31)7-6-12-27-24(29)22-13-17(22)14-28-26(32)33-15-23-20-10-4-2-8-18(20)19-9-3-5-11-21(19)23/h2-5,8-11,16-17,22-23H,6-7,12-15H2,1H3,(H,27,29)(H,28,32)(H,30,31)/t16?,17-,22-/m1/s1. The second-order valence-corrected chi connectivity index (χ2v) is 8.98. The Balaban J connectivity index is 1.17. The summed E-state index contributed by atoms with van der Waals surface area (Å²) in [6, 6.07) is 16.4. The molecular formula is C26H30N2O5. The van der Waals surface area contributed by atoms with Crippen molar-refractivity contribution in [1.82, 2.24) is 10.6 Å². The number of hydrogen-bond acceptors (Lipinski definition) is 4. The van der Waals surface area contributed by atoms with E-state index in [0.717, 1.165) is 6.42 Å². The normalized spacial score (nSPS) is 19.2. The quantitative estimate of drug-likeness (QED) is 0.478. The molecule has 0 aromatic heterocycles. The zero-order chi connectivity index (χ0) is 23.4. The van der Waals surface area contributed by atoms with Gasteiger partial charge in [0.1, 0.15) is 6.61 Å². The average molecular weight is 451 g/mol. The molecule has 0 saturated heterocycles. The van der Waals surface area contributed by atoms with Crippen LogP contribution in [0.25, 0.3) is 11.1 Å². The van der Waals surface area contributed by atoms with Gasteiger partial charge in [-0.25, -0.2) is 4.79 Å². The zero-order valence-electron chi connectivity index (χ0n) is 18.8. The van der Waals surface area contributed by atoms with Gasteiger partial charge < -0.3 is 20.5 Å². The number of nitrogens with one attached hydrogen (secondary N) is 2. The van der Waals surface area contributed by atoms with Crippen LogP contribution in [0.4, 0.5) is 4.79 Å². The zero-order valence-corrected chi connectivity index (χ0v) is 18.8. The van der Waals surface area contributed by atoms with Crippen LogP contribution in [0.5, 0.6) is 0 Å². The number of carbonyl (C=O) groups is 3. The highest BCUT2D eigenvalue weighted by Gasteiger charge is 2.42. The number of rotatable bonds is 10. The largest absolute Gasteiger partial charge is 0.481 e. The minimum absolute atomic E-state index is 0.0199. The van der Waals surface area contributed by atoms with Crippen molar-refractivity contribution in [3.8, 4) is 11.1 Å². The van der Waals surface area contributed by atoms with Crippen molar-refractivity contribution in [3.63, 3.8) is 0 Å². The number of carboxylic acid groups (broad SMARTS) is 1. The van der Waals surface area contributed by atoms with Crippen molar-refractivity contribution in [2.45, 2.75) is 32.1 Å². The van der Waals surface area contributed by atoms with Crippen LogP contribution in [0, 0.1) is 17.8 Å². The van der Waals surface area contributed by atoms with E-state index in [1.54, 1.807) is 6.92 Å². The van der Waals surface area contributed by atoms with Gasteiger partial charge in [-0.15, -0.1) is 0 Å². The first-order valence-electron chi connectivity index (χ1n) is 11.5. The topological polar surface area (TPSA) is 105 Å². The van der Waals surface area contributed by atoms with E-state index in [2.05, 4.69) is 34.9 Å². The van der Waals surface area contributed by atoms with E-state index in [1.165, 1.54) is 22.3 Å². The lowest BCUT2D eigenvalue weighted by Crippen LogP contribution is -2.31. The Labute approximate surface area is 193 Å². The summed E-state index contributed by atoms with van der Waals surface area (Å²) in [5.41, 5.74) is 4.71. The summed E-state index contributed by atoms with van der Waals surface area (Å²) in [5.74, 6) is -1.22. The van der Waals surface area contributed by atoms with Crippen molar-refractivity contribution in [2.24, 2.45) is 17.8 Å². The van der Waals surface area contributed by atoms with Crippen LogP contribution in [0.15, 0.2) is 48.5 Å². The maximum absolute atomic E-state index is 12.3. The van der Waals surface area contributed by atoms with Gasteiger partial charge in [-0.1, -0.05) is 55.5 Å². The van der Waals surface area contributed by atoms with Crippen LogP contribution in [0.1, 0.15) is 43.2 Å². The summed E-state index contributed by atoms with van der Waals surface area (Å²) in [6.07, 6.45) is 1.44. The molecule has 3 N–H and O–H groups in total. The van der Waals surface area contributed by atoms with Gasteiger partial charge in [0.25, 0.3) is 0 Å². The third-order valence-corrected chi connectivity index (χ3v) is 6.65. The second-order valence-electron chi connectivity index (χ2n) is 8.98. The fraction of sp³-hybridized carbons (Fsp3) is 0.423. The third-order valence-electron chi connectivity index (χ3n) is 6.65. The first-order chi connectivity index (χ1) is 16.0. The van der Waals surface area contributed by atoms with E-state index in [4.69, 9.17) is 9.84 Å². The fourth-order valence-corrected chi connectivity index (χ4v) is 4.53. The van der Waals surface area contributed by atoms with Crippen LogP contribution in [0.2, 0.25) is 0 Å². The summed E-state index contributed by atoms with van der Waals surface area (Å²) < 4.78 is 5.54. The lowest BCUT2D eigenvalue weighted by Gasteiger charge is -2.14. The van der Waals surface area contributed by atoms with Crippen molar-refractivity contribution in [1.29, 1.82) is 0 Å². The van der Waals surface area contributed by atoms with Crippen LogP contribution in [0.3, 0.4) is 0 Å². The smallest absolute Gasteiger partial charge is 0.407 e. The van der Waals surface area contributed by atoms with Gasteiger partial charge in [0.05, 0.1) is 5.92 Å². The number of carboxylic acids is 1. The molecule has 2 aliphatic rings. The van der Waals surface area contributed by atoms with Crippen LogP contribution < -0.4 is 10.6 Å². The Hall–Kier alpha value is -3.35. The van der Waals surface area contributed by atoms with Gasteiger partial charge in [-0.2, -0.15) is 0 Å². The van der Waals surface area contributed by atoms with Gasteiger partial charge in [-0.05, 0) is 47.4 Å². The number of hydrogen-bond donors (Lipinski definition) is 3. The molecule has 0 radical (unpaired) electrons. The Bertz CT molecular complexity index is 991. The molecule has 0 bridgehead atoms. The Morgan fingerprint density at radius 3 is 2.30 bits per heavy atom. The maximum Gasteiger partial charge on any atom is 0.407 e. The molecule has 0 aliphatic heterocycles. The van der Waals surface area contributed by atoms with E-state index >= 15 is 0 Å². The molecule has 1 fully saturated rings. The Morgan fingerprint density at radius 2 is 1.67 bits per heavy atom. The van der Waals surface area contributed by atoms with Crippen molar-refractivity contribution >= 4 is 18.0 Å².